The second-order valence-electron chi connectivity index (χ2n) is 5.67. The van der Waals surface area contributed by atoms with Gasteiger partial charge in [-0.15, -0.1) is 0 Å². The number of non-ortho nitro benzene ring substituents is 1. The minimum atomic E-state index is -0.578. The van der Waals surface area contributed by atoms with Crippen LogP contribution in [0.3, 0.4) is 0 Å². The lowest BCUT2D eigenvalue weighted by atomic mass is 10.2. The molecule has 0 radical (unpaired) electrons. The average molecular weight is 509 g/mol. The quantitative estimate of drug-likeness (QED) is 0.284. The van der Waals surface area contributed by atoms with E-state index in [4.69, 9.17) is 0 Å². The smallest absolute Gasteiger partial charge is 0.294 e. The third-order valence-electron chi connectivity index (χ3n) is 3.70. The van der Waals surface area contributed by atoms with E-state index in [1.165, 1.54) is 30.3 Å². The molecule has 0 spiro atoms. The highest BCUT2D eigenvalue weighted by Gasteiger charge is 2.36. The number of halogens is 1. The lowest BCUT2D eigenvalue weighted by molar-refractivity contribution is -0.384. The van der Waals surface area contributed by atoms with Crippen molar-refractivity contribution in [1.29, 1.82) is 0 Å². The first-order valence-electron chi connectivity index (χ1n) is 7.89. The summed E-state index contributed by atoms with van der Waals surface area (Å²) < 4.78 is 1.01. The molecule has 0 unspecified atom stereocenters. The minimum Gasteiger partial charge on any atom is -0.325 e. The van der Waals surface area contributed by atoms with Gasteiger partial charge in [0.1, 0.15) is 6.54 Å². The molecule has 8 nitrogen and oxygen atoms in total. The van der Waals surface area contributed by atoms with E-state index in [2.05, 4.69) is 27.9 Å². The van der Waals surface area contributed by atoms with Crippen LogP contribution in [0.1, 0.15) is 5.56 Å². The van der Waals surface area contributed by atoms with Gasteiger partial charge in [-0.2, -0.15) is 0 Å². The first-order valence-corrected chi connectivity index (χ1v) is 9.78. The summed E-state index contributed by atoms with van der Waals surface area (Å²) in [5.74, 6) is -1.06. The van der Waals surface area contributed by atoms with Gasteiger partial charge in [-0.25, -0.2) is 0 Å². The highest BCUT2D eigenvalue weighted by atomic mass is 127. The number of carbonyl (C=O) groups excluding carboxylic acids is 3. The molecule has 1 heterocycles. The number of hydrogen-bond acceptors (Lipinski definition) is 6. The van der Waals surface area contributed by atoms with Gasteiger partial charge in [-0.1, -0.05) is 0 Å². The number of carbonyl (C=O) groups is 3. The van der Waals surface area contributed by atoms with Crippen LogP contribution in [0, 0.1) is 13.7 Å². The molecule has 1 aliphatic rings. The molecule has 10 heteroatoms. The summed E-state index contributed by atoms with van der Waals surface area (Å²) >= 11 is 2.86. The molecule has 0 bridgehead atoms. The predicted octanol–water partition coefficient (Wildman–Crippen LogP) is 3.87. The summed E-state index contributed by atoms with van der Waals surface area (Å²) in [5, 5.41) is 12.8. The number of nitrogens with one attached hydrogen (secondary N) is 1. The van der Waals surface area contributed by atoms with E-state index >= 15 is 0 Å². The van der Waals surface area contributed by atoms with Crippen LogP contribution < -0.4 is 5.32 Å². The van der Waals surface area contributed by atoms with Gasteiger partial charge in [0.05, 0.1) is 9.83 Å². The van der Waals surface area contributed by atoms with Crippen LogP contribution in [-0.4, -0.2) is 33.4 Å². The Hall–Kier alpha value is -2.73. The van der Waals surface area contributed by atoms with E-state index in [-0.39, 0.29) is 10.6 Å². The normalized spacial score (nSPS) is 15.2. The van der Waals surface area contributed by atoms with Crippen LogP contribution in [0.5, 0.6) is 0 Å². The Morgan fingerprint density at radius 3 is 2.39 bits per heavy atom. The van der Waals surface area contributed by atoms with Crippen LogP contribution in [-0.2, 0) is 9.59 Å². The van der Waals surface area contributed by atoms with Crippen molar-refractivity contribution in [2.45, 2.75) is 0 Å². The van der Waals surface area contributed by atoms with Gasteiger partial charge in [0.2, 0.25) is 5.91 Å². The number of rotatable bonds is 5. The lowest BCUT2D eigenvalue weighted by Gasteiger charge is -2.12. The summed E-state index contributed by atoms with van der Waals surface area (Å²) in [5.41, 5.74) is 1.04. The second kappa shape index (κ2) is 8.52. The second-order valence-corrected chi connectivity index (χ2v) is 7.91. The minimum absolute atomic E-state index is 0.0717. The Labute approximate surface area is 177 Å². The third kappa shape index (κ3) is 4.75. The van der Waals surface area contributed by atoms with E-state index in [1.54, 1.807) is 12.1 Å². The van der Waals surface area contributed by atoms with Crippen molar-refractivity contribution in [1.82, 2.24) is 4.90 Å². The van der Waals surface area contributed by atoms with E-state index < -0.39 is 28.5 Å². The van der Waals surface area contributed by atoms with E-state index in [1.807, 2.05) is 12.1 Å². The van der Waals surface area contributed by atoms with Crippen molar-refractivity contribution in [2.24, 2.45) is 0 Å². The molecule has 1 saturated heterocycles. The molecule has 3 rings (SSSR count). The zero-order chi connectivity index (χ0) is 20.3. The van der Waals surface area contributed by atoms with Gasteiger partial charge in [-0.3, -0.25) is 29.4 Å². The monoisotopic (exact) mass is 509 g/mol. The predicted molar refractivity (Wildman–Crippen MR) is 114 cm³/mol. The summed E-state index contributed by atoms with van der Waals surface area (Å²) in [6.45, 7) is -0.395. The van der Waals surface area contributed by atoms with Crippen molar-refractivity contribution >= 4 is 68.9 Å². The number of imide groups is 1. The van der Waals surface area contributed by atoms with Gasteiger partial charge in [0, 0.05) is 21.4 Å². The lowest BCUT2D eigenvalue weighted by Crippen LogP contribution is -2.36. The molecule has 142 valence electrons. The maximum Gasteiger partial charge on any atom is 0.294 e. The number of nitrogens with zero attached hydrogens (tertiary/aromatic N) is 2. The zero-order valence-electron chi connectivity index (χ0n) is 14.1. The van der Waals surface area contributed by atoms with Crippen LogP contribution in [0.25, 0.3) is 6.08 Å². The van der Waals surface area contributed by atoms with Crippen LogP contribution in [0.15, 0.2) is 53.4 Å². The van der Waals surface area contributed by atoms with Crippen molar-refractivity contribution in [3.05, 3.63) is 72.7 Å². The molecular formula is C18H12IN3O5S. The molecule has 0 aromatic heterocycles. The van der Waals surface area contributed by atoms with Gasteiger partial charge in [-0.05, 0) is 82.4 Å². The summed E-state index contributed by atoms with van der Waals surface area (Å²) in [6, 6.07) is 12.7. The van der Waals surface area contributed by atoms with Crippen molar-refractivity contribution in [3.63, 3.8) is 0 Å². The Balaban J connectivity index is 1.68. The maximum atomic E-state index is 12.5. The fraction of sp³-hybridized carbons (Fsp3) is 0.0556. The molecule has 1 N–H and O–H groups in total. The Bertz CT molecular complexity index is 989. The van der Waals surface area contributed by atoms with E-state index in [0.29, 0.717) is 11.3 Å². The summed E-state index contributed by atoms with van der Waals surface area (Å²) in [7, 11) is 0. The van der Waals surface area contributed by atoms with Gasteiger partial charge >= 0.3 is 0 Å². The number of hydrogen-bond donors (Lipinski definition) is 1. The standard InChI is InChI=1S/C18H12IN3O5S/c19-12-3-5-13(6-4-12)20-16(23)10-21-17(24)15(28-18(21)25)9-11-1-7-14(8-2-11)22(26)27/h1-9H,10H2,(H,20,23)/b15-9+. The van der Waals surface area contributed by atoms with Crippen LogP contribution in [0.2, 0.25) is 0 Å². The molecule has 2 aromatic carbocycles. The van der Waals surface area contributed by atoms with E-state index in [0.717, 1.165) is 20.2 Å². The topological polar surface area (TPSA) is 110 Å². The maximum absolute atomic E-state index is 12.5. The van der Waals surface area contributed by atoms with Gasteiger partial charge in [0.25, 0.3) is 16.8 Å². The summed E-state index contributed by atoms with van der Waals surface area (Å²) in [6.07, 6.45) is 1.46. The number of thioether (sulfide) groups is 1. The molecule has 1 aliphatic heterocycles. The Morgan fingerprint density at radius 1 is 1.14 bits per heavy atom. The zero-order valence-corrected chi connectivity index (χ0v) is 17.1. The number of amides is 3. The third-order valence-corrected chi connectivity index (χ3v) is 5.33. The van der Waals surface area contributed by atoms with Crippen molar-refractivity contribution < 1.29 is 19.3 Å². The van der Waals surface area contributed by atoms with Gasteiger partial charge < -0.3 is 5.32 Å². The number of anilines is 1. The van der Waals surface area contributed by atoms with Crippen molar-refractivity contribution in [3.8, 4) is 0 Å². The largest absolute Gasteiger partial charge is 0.325 e. The number of nitro groups is 1. The SMILES string of the molecule is O=C(CN1C(=O)S/C(=C/c2ccc([N+](=O)[O-])cc2)C1=O)Nc1ccc(I)cc1. The summed E-state index contributed by atoms with van der Waals surface area (Å²) in [4.78, 5) is 47.9. The first kappa shape index (κ1) is 20.0. The molecular weight excluding hydrogens is 497 g/mol. The Kier molecular flexibility index (Phi) is 6.09. The first-order chi connectivity index (χ1) is 13.3. The fourth-order valence-corrected chi connectivity index (χ4v) is 3.56. The highest BCUT2D eigenvalue weighted by Crippen LogP contribution is 2.32. The average Bonchev–Trinajstić information content (AvgIpc) is 2.91. The van der Waals surface area contributed by atoms with E-state index in [9.17, 15) is 24.5 Å². The van der Waals surface area contributed by atoms with Crippen LogP contribution in [0.4, 0.5) is 16.2 Å². The highest BCUT2D eigenvalue weighted by molar-refractivity contribution is 14.1. The van der Waals surface area contributed by atoms with Crippen molar-refractivity contribution in [2.75, 3.05) is 11.9 Å². The van der Waals surface area contributed by atoms with Crippen LogP contribution >= 0.6 is 34.4 Å². The molecule has 0 aliphatic carbocycles. The fourth-order valence-electron chi connectivity index (χ4n) is 2.36. The molecule has 28 heavy (non-hydrogen) atoms. The Morgan fingerprint density at radius 2 is 1.79 bits per heavy atom. The van der Waals surface area contributed by atoms with Gasteiger partial charge in [0.15, 0.2) is 0 Å². The molecule has 3 amide bonds. The molecule has 2 aromatic rings. The molecule has 1 fully saturated rings. The molecule has 0 atom stereocenters. The number of nitro benzene ring substituents is 1. The number of benzene rings is 2. The molecule has 0 saturated carbocycles.